The second-order valence-electron chi connectivity index (χ2n) is 8.96. The second-order valence-corrected chi connectivity index (χ2v) is 12.5. The van der Waals surface area contributed by atoms with Crippen molar-refractivity contribution in [2.24, 2.45) is 0 Å². The molecule has 0 heterocycles. The Labute approximate surface area is 213 Å². The molecule has 36 heavy (non-hydrogen) atoms. The van der Waals surface area contributed by atoms with E-state index in [4.69, 9.17) is 0 Å². The Morgan fingerprint density at radius 3 is 1.94 bits per heavy atom. The van der Waals surface area contributed by atoms with Crippen molar-refractivity contribution < 1.29 is 21.6 Å². The van der Waals surface area contributed by atoms with Gasteiger partial charge in [-0.2, -0.15) is 0 Å². The van der Waals surface area contributed by atoms with Gasteiger partial charge >= 0.3 is 0 Å². The molecule has 0 saturated carbocycles. The minimum absolute atomic E-state index is 0.0302. The van der Waals surface area contributed by atoms with Crippen molar-refractivity contribution in [3.8, 4) is 0 Å². The highest BCUT2D eigenvalue weighted by Gasteiger charge is 2.30. The molecule has 10 heteroatoms. The number of aryl methyl sites for hydroxylation is 4. The maximum atomic E-state index is 13.0. The minimum Gasteiger partial charge on any atom is -0.324 e. The molecule has 0 fully saturated rings. The summed E-state index contributed by atoms with van der Waals surface area (Å²) < 4.78 is 54.6. The zero-order valence-corrected chi connectivity index (χ0v) is 22.8. The van der Waals surface area contributed by atoms with Gasteiger partial charge in [0.2, 0.25) is 15.9 Å². The number of nitrogens with zero attached hydrogens (tertiary/aromatic N) is 1. The number of amides is 1. The Kier molecular flexibility index (Phi) is 7.80. The smallest absolute Gasteiger partial charge is 0.261 e. The van der Waals surface area contributed by atoms with Crippen LogP contribution in [0.15, 0.2) is 65.6 Å². The summed E-state index contributed by atoms with van der Waals surface area (Å²) in [6, 6.07) is 15.5. The van der Waals surface area contributed by atoms with Gasteiger partial charge in [-0.1, -0.05) is 24.3 Å². The Bertz CT molecular complexity index is 1500. The highest BCUT2D eigenvalue weighted by atomic mass is 32.2. The van der Waals surface area contributed by atoms with E-state index in [1.807, 2.05) is 39.0 Å². The molecular formula is C26H31N3O5S2. The molecule has 1 atom stereocenters. The van der Waals surface area contributed by atoms with Crippen molar-refractivity contribution in [3.05, 3.63) is 82.9 Å². The molecule has 8 nitrogen and oxygen atoms in total. The number of hydrogen-bond donors (Lipinski definition) is 2. The van der Waals surface area contributed by atoms with E-state index in [1.165, 1.54) is 31.2 Å². The second kappa shape index (κ2) is 10.3. The van der Waals surface area contributed by atoms with E-state index in [-0.39, 0.29) is 4.90 Å². The van der Waals surface area contributed by atoms with E-state index in [2.05, 4.69) is 10.0 Å². The first-order valence-corrected chi connectivity index (χ1v) is 14.6. The maximum Gasteiger partial charge on any atom is 0.261 e. The molecule has 0 saturated heterocycles. The van der Waals surface area contributed by atoms with Crippen LogP contribution in [0.25, 0.3) is 0 Å². The lowest BCUT2D eigenvalue weighted by Crippen LogP contribution is -2.45. The summed E-state index contributed by atoms with van der Waals surface area (Å²) in [5.41, 5.74) is 4.56. The number of hydrogen-bond acceptors (Lipinski definition) is 5. The molecule has 3 rings (SSSR count). The van der Waals surface area contributed by atoms with Crippen molar-refractivity contribution in [1.82, 2.24) is 0 Å². The maximum absolute atomic E-state index is 13.0. The van der Waals surface area contributed by atoms with Gasteiger partial charge in [-0.3, -0.25) is 13.8 Å². The molecule has 1 amide bonds. The highest BCUT2D eigenvalue weighted by Crippen LogP contribution is 2.27. The van der Waals surface area contributed by atoms with Gasteiger partial charge in [-0.25, -0.2) is 16.8 Å². The average molecular weight is 530 g/mol. The van der Waals surface area contributed by atoms with Crippen LogP contribution in [0, 0.1) is 27.7 Å². The average Bonchev–Trinajstić information content (AvgIpc) is 2.78. The van der Waals surface area contributed by atoms with E-state index in [0.29, 0.717) is 17.1 Å². The molecule has 0 aliphatic carbocycles. The van der Waals surface area contributed by atoms with Crippen LogP contribution in [0.3, 0.4) is 0 Å². The summed E-state index contributed by atoms with van der Waals surface area (Å²) in [5.74, 6) is -0.551. The number of rotatable bonds is 8. The van der Waals surface area contributed by atoms with Crippen LogP contribution in [0.5, 0.6) is 0 Å². The Balaban J connectivity index is 1.81. The van der Waals surface area contributed by atoms with Gasteiger partial charge in [0, 0.05) is 5.69 Å². The Morgan fingerprint density at radius 2 is 1.36 bits per heavy atom. The normalized spacial score (nSPS) is 12.6. The first-order valence-electron chi connectivity index (χ1n) is 11.3. The first-order chi connectivity index (χ1) is 16.7. The fraction of sp³-hybridized carbons (Fsp3) is 0.269. The standard InChI is InChI=1S/C26H31N3O5S2/c1-17-7-9-19(3)24(15-17)28-36(33,34)23-13-11-22(12-14-23)27-26(30)21(5)29(35(6,31)32)25-16-18(2)8-10-20(25)4/h7-16,21,28H,1-6H3,(H,27,30)/t21-/m0/s1. The number of sulfonamides is 2. The third-order valence-electron chi connectivity index (χ3n) is 5.76. The third-order valence-corrected chi connectivity index (χ3v) is 8.37. The van der Waals surface area contributed by atoms with E-state index < -0.39 is 32.0 Å². The largest absolute Gasteiger partial charge is 0.324 e. The topological polar surface area (TPSA) is 113 Å². The zero-order valence-electron chi connectivity index (χ0n) is 21.2. The molecule has 0 spiro atoms. The van der Waals surface area contributed by atoms with Crippen LogP contribution in [0.4, 0.5) is 17.1 Å². The number of anilines is 3. The molecule has 3 aromatic carbocycles. The summed E-state index contributed by atoms with van der Waals surface area (Å²) >= 11 is 0. The zero-order chi connectivity index (χ0) is 26.8. The monoisotopic (exact) mass is 529 g/mol. The van der Waals surface area contributed by atoms with Crippen LogP contribution in [-0.2, 0) is 24.8 Å². The van der Waals surface area contributed by atoms with Gasteiger partial charge in [-0.15, -0.1) is 0 Å². The Hall–Kier alpha value is -3.37. The van der Waals surface area contributed by atoms with Crippen molar-refractivity contribution in [3.63, 3.8) is 0 Å². The molecule has 2 N–H and O–H groups in total. The van der Waals surface area contributed by atoms with Crippen LogP contribution < -0.4 is 14.3 Å². The quantitative estimate of drug-likeness (QED) is 0.446. The van der Waals surface area contributed by atoms with E-state index in [0.717, 1.165) is 32.8 Å². The molecule has 0 aliphatic heterocycles. The van der Waals surface area contributed by atoms with Gasteiger partial charge in [0.05, 0.1) is 22.5 Å². The van der Waals surface area contributed by atoms with E-state index in [1.54, 1.807) is 25.1 Å². The number of benzene rings is 3. The van der Waals surface area contributed by atoms with Crippen LogP contribution in [-0.4, -0.2) is 35.0 Å². The van der Waals surface area contributed by atoms with Crippen LogP contribution >= 0.6 is 0 Å². The minimum atomic E-state index is -3.84. The lowest BCUT2D eigenvalue weighted by Gasteiger charge is -2.29. The lowest BCUT2D eigenvalue weighted by atomic mass is 10.1. The fourth-order valence-corrected chi connectivity index (χ4v) is 6.10. The summed E-state index contributed by atoms with van der Waals surface area (Å²) in [7, 11) is -7.61. The molecule has 192 valence electrons. The first kappa shape index (κ1) is 27.2. The number of nitrogens with one attached hydrogen (secondary N) is 2. The highest BCUT2D eigenvalue weighted by molar-refractivity contribution is 7.92. The molecular weight excluding hydrogens is 498 g/mol. The molecule has 0 radical (unpaired) electrons. The van der Waals surface area contributed by atoms with Crippen molar-refractivity contribution in [2.45, 2.75) is 45.6 Å². The predicted molar refractivity (Wildman–Crippen MR) is 144 cm³/mol. The third kappa shape index (κ3) is 6.24. The molecule has 3 aromatic rings. The molecule has 0 aliphatic rings. The van der Waals surface area contributed by atoms with Crippen molar-refractivity contribution in [1.29, 1.82) is 0 Å². The van der Waals surface area contributed by atoms with Crippen molar-refractivity contribution in [2.75, 3.05) is 20.6 Å². The van der Waals surface area contributed by atoms with Gasteiger partial charge in [0.25, 0.3) is 10.0 Å². The molecule has 0 bridgehead atoms. The fourth-order valence-electron chi connectivity index (χ4n) is 3.75. The van der Waals surface area contributed by atoms with Gasteiger partial charge < -0.3 is 5.32 Å². The van der Waals surface area contributed by atoms with Gasteiger partial charge in [-0.05, 0) is 93.3 Å². The summed E-state index contributed by atoms with van der Waals surface area (Å²) in [6.07, 6.45) is 1.06. The van der Waals surface area contributed by atoms with E-state index in [9.17, 15) is 21.6 Å². The van der Waals surface area contributed by atoms with E-state index >= 15 is 0 Å². The Morgan fingerprint density at radius 1 is 0.806 bits per heavy atom. The van der Waals surface area contributed by atoms with Gasteiger partial charge in [0.15, 0.2) is 0 Å². The number of carbonyl (C=O) groups excluding carboxylic acids is 1. The lowest BCUT2D eigenvalue weighted by molar-refractivity contribution is -0.116. The van der Waals surface area contributed by atoms with Crippen molar-refractivity contribution >= 4 is 43.0 Å². The SMILES string of the molecule is Cc1ccc(C)c(NS(=O)(=O)c2ccc(NC(=O)[C@H](C)N(c3cc(C)ccc3C)S(C)(=O)=O)cc2)c1. The van der Waals surface area contributed by atoms with Crippen LogP contribution in [0.1, 0.15) is 29.2 Å². The summed E-state index contributed by atoms with van der Waals surface area (Å²) in [6.45, 7) is 8.82. The molecule has 0 unspecified atom stereocenters. The molecule has 0 aromatic heterocycles. The van der Waals surface area contributed by atoms with Crippen LogP contribution in [0.2, 0.25) is 0 Å². The predicted octanol–water partition coefficient (Wildman–Crippen LogP) is 4.51. The summed E-state index contributed by atoms with van der Waals surface area (Å²) in [5, 5.41) is 2.68. The number of carbonyl (C=O) groups is 1. The van der Waals surface area contributed by atoms with Gasteiger partial charge in [0.1, 0.15) is 6.04 Å². The summed E-state index contributed by atoms with van der Waals surface area (Å²) in [4.78, 5) is 13.0.